The molecule has 142 valence electrons. The molecule has 8 nitrogen and oxygen atoms in total. The first-order valence-electron chi connectivity index (χ1n) is 8.70. The highest BCUT2D eigenvalue weighted by Gasteiger charge is 2.13. The summed E-state index contributed by atoms with van der Waals surface area (Å²) in [4.78, 5) is 8.89. The van der Waals surface area contributed by atoms with Crippen LogP contribution in [0.1, 0.15) is 11.4 Å². The highest BCUT2D eigenvalue weighted by molar-refractivity contribution is 5.73. The molecule has 0 bridgehead atoms. The second-order valence-corrected chi connectivity index (χ2v) is 6.18. The molecule has 0 radical (unpaired) electrons. The Morgan fingerprint density at radius 1 is 1.11 bits per heavy atom. The molecule has 0 aliphatic heterocycles. The van der Waals surface area contributed by atoms with E-state index in [0.717, 1.165) is 46.4 Å². The van der Waals surface area contributed by atoms with Gasteiger partial charge < -0.3 is 20.7 Å². The van der Waals surface area contributed by atoms with Crippen LogP contribution in [0.15, 0.2) is 30.3 Å². The highest BCUT2D eigenvalue weighted by Crippen LogP contribution is 2.33. The van der Waals surface area contributed by atoms with Crippen molar-refractivity contribution in [3.8, 4) is 17.0 Å². The predicted molar refractivity (Wildman–Crippen MR) is 108 cm³/mol. The van der Waals surface area contributed by atoms with Gasteiger partial charge in [-0.1, -0.05) is 0 Å². The Kier molecular flexibility index (Phi) is 5.56. The number of aryl methyl sites for hydroxylation is 2. The van der Waals surface area contributed by atoms with Gasteiger partial charge in [-0.2, -0.15) is 10.1 Å². The van der Waals surface area contributed by atoms with Gasteiger partial charge in [0.25, 0.3) is 0 Å². The Morgan fingerprint density at radius 2 is 1.93 bits per heavy atom. The molecule has 0 unspecified atom stereocenters. The van der Waals surface area contributed by atoms with Crippen molar-refractivity contribution in [3.05, 3.63) is 41.7 Å². The Bertz CT molecular complexity index is 936. The van der Waals surface area contributed by atoms with Crippen molar-refractivity contribution in [3.63, 3.8) is 0 Å². The van der Waals surface area contributed by atoms with Gasteiger partial charge in [-0.3, -0.25) is 4.68 Å². The van der Waals surface area contributed by atoms with E-state index in [0.29, 0.717) is 5.95 Å². The average molecular weight is 367 g/mol. The summed E-state index contributed by atoms with van der Waals surface area (Å²) in [6, 6.07) is 9.79. The van der Waals surface area contributed by atoms with Crippen LogP contribution >= 0.6 is 0 Å². The van der Waals surface area contributed by atoms with Gasteiger partial charge >= 0.3 is 0 Å². The summed E-state index contributed by atoms with van der Waals surface area (Å²) in [5.74, 6) is 2.06. The van der Waals surface area contributed by atoms with Crippen LogP contribution in [0.3, 0.4) is 0 Å². The predicted octanol–water partition coefficient (Wildman–Crippen LogP) is 2.70. The topological polar surface area (TPSA) is 88.9 Å². The van der Waals surface area contributed by atoms with Crippen LogP contribution in [0.4, 0.5) is 17.5 Å². The van der Waals surface area contributed by atoms with Gasteiger partial charge in [0.15, 0.2) is 0 Å². The van der Waals surface area contributed by atoms with E-state index in [1.165, 1.54) is 0 Å². The standard InChI is InChI=1S/C19H25N7O/c1-12-8-18(21-3)24-19(22-12)23-13-6-7-17(27-5)15(9-13)16-10-14(11-20-2)26(4)25-16/h6-10,20H,11H2,1-5H3,(H2,21,22,23,24). The second kappa shape index (κ2) is 8.05. The molecule has 3 N–H and O–H groups in total. The fraction of sp³-hybridized carbons (Fsp3) is 0.316. The van der Waals surface area contributed by atoms with Crippen molar-refractivity contribution in [2.75, 3.05) is 31.8 Å². The number of hydrogen-bond acceptors (Lipinski definition) is 7. The number of nitrogens with one attached hydrogen (secondary N) is 3. The Morgan fingerprint density at radius 3 is 2.63 bits per heavy atom. The number of aromatic nitrogens is 4. The third kappa shape index (κ3) is 4.17. The van der Waals surface area contributed by atoms with E-state index < -0.39 is 0 Å². The van der Waals surface area contributed by atoms with Crippen LogP contribution in [-0.4, -0.2) is 41.0 Å². The fourth-order valence-corrected chi connectivity index (χ4v) is 2.85. The van der Waals surface area contributed by atoms with Crippen molar-refractivity contribution in [1.82, 2.24) is 25.1 Å². The number of methoxy groups -OCH3 is 1. The third-order valence-electron chi connectivity index (χ3n) is 4.18. The van der Waals surface area contributed by atoms with Crippen molar-refractivity contribution in [1.29, 1.82) is 0 Å². The highest BCUT2D eigenvalue weighted by atomic mass is 16.5. The molecule has 2 aromatic heterocycles. The lowest BCUT2D eigenvalue weighted by atomic mass is 10.1. The first-order chi connectivity index (χ1) is 13.0. The van der Waals surface area contributed by atoms with Crippen molar-refractivity contribution >= 4 is 17.5 Å². The summed E-state index contributed by atoms with van der Waals surface area (Å²) in [5.41, 5.74) is 4.59. The second-order valence-electron chi connectivity index (χ2n) is 6.18. The van der Waals surface area contributed by atoms with Crippen LogP contribution in [0, 0.1) is 6.92 Å². The minimum Gasteiger partial charge on any atom is -0.496 e. The van der Waals surface area contributed by atoms with E-state index in [9.17, 15) is 0 Å². The maximum atomic E-state index is 5.54. The molecule has 3 rings (SSSR count). The fourth-order valence-electron chi connectivity index (χ4n) is 2.85. The number of nitrogens with zero attached hydrogens (tertiary/aromatic N) is 4. The van der Waals surface area contributed by atoms with Gasteiger partial charge in [0.2, 0.25) is 5.95 Å². The van der Waals surface area contributed by atoms with Crippen molar-refractivity contribution in [2.45, 2.75) is 13.5 Å². The molecule has 8 heteroatoms. The molecule has 27 heavy (non-hydrogen) atoms. The Hall–Kier alpha value is -3.13. The quantitative estimate of drug-likeness (QED) is 0.592. The Balaban J connectivity index is 1.96. The minimum absolute atomic E-state index is 0.535. The van der Waals surface area contributed by atoms with Gasteiger partial charge in [-0.25, -0.2) is 4.98 Å². The summed E-state index contributed by atoms with van der Waals surface area (Å²) in [7, 11) is 7.34. The van der Waals surface area contributed by atoms with Crippen LogP contribution in [-0.2, 0) is 13.6 Å². The van der Waals surface area contributed by atoms with Crippen molar-refractivity contribution < 1.29 is 4.74 Å². The molecule has 0 fully saturated rings. The van der Waals surface area contributed by atoms with E-state index in [1.54, 1.807) is 7.11 Å². The van der Waals surface area contributed by atoms with E-state index >= 15 is 0 Å². The van der Waals surface area contributed by atoms with E-state index in [-0.39, 0.29) is 0 Å². The zero-order chi connectivity index (χ0) is 19.4. The number of benzene rings is 1. The van der Waals surface area contributed by atoms with E-state index in [2.05, 4.69) is 37.1 Å². The Labute approximate surface area is 159 Å². The smallest absolute Gasteiger partial charge is 0.229 e. The number of ether oxygens (including phenoxy) is 1. The summed E-state index contributed by atoms with van der Waals surface area (Å²) >= 11 is 0. The third-order valence-corrected chi connectivity index (χ3v) is 4.18. The number of hydrogen-bond donors (Lipinski definition) is 3. The summed E-state index contributed by atoms with van der Waals surface area (Å²) < 4.78 is 7.41. The average Bonchev–Trinajstić information content (AvgIpc) is 3.02. The maximum absolute atomic E-state index is 5.54. The largest absolute Gasteiger partial charge is 0.496 e. The first-order valence-corrected chi connectivity index (χ1v) is 8.70. The maximum Gasteiger partial charge on any atom is 0.229 e. The molecule has 0 aliphatic carbocycles. The zero-order valence-corrected chi connectivity index (χ0v) is 16.3. The summed E-state index contributed by atoms with van der Waals surface area (Å²) in [5, 5.41) is 14.1. The lowest BCUT2D eigenvalue weighted by Crippen LogP contribution is -2.09. The lowest BCUT2D eigenvalue weighted by Gasteiger charge is -2.11. The molecule has 0 amide bonds. The SMILES string of the molecule is CNCc1cc(-c2cc(Nc3nc(C)cc(NC)n3)ccc2OC)nn1C. The molecular formula is C19H25N7O. The van der Waals surface area contributed by atoms with Crippen LogP contribution in [0.2, 0.25) is 0 Å². The van der Waals surface area contributed by atoms with Crippen LogP contribution < -0.4 is 20.7 Å². The number of rotatable bonds is 7. The van der Waals surface area contributed by atoms with E-state index in [1.807, 2.05) is 57.0 Å². The molecule has 3 aromatic rings. The number of anilines is 3. The van der Waals surface area contributed by atoms with Gasteiger partial charge in [0.05, 0.1) is 18.5 Å². The molecule has 0 aliphatic rings. The molecule has 2 heterocycles. The summed E-state index contributed by atoms with van der Waals surface area (Å²) in [6.45, 7) is 2.68. The van der Waals surface area contributed by atoms with Gasteiger partial charge in [-0.15, -0.1) is 0 Å². The molecule has 0 atom stereocenters. The molecular weight excluding hydrogens is 342 g/mol. The van der Waals surface area contributed by atoms with Gasteiger partial charge in [-0.05, 0) is 38.2 Å². The molecule has 0 spiro atoms. The van der Waals surface area contributed by atoms with Crippen molar-refractivity contribution in [2.24, 2.45) is 7.05 Å². The monoisotopic (exact) mass is 367 g/mol. The first kappa shape index (κ1) is 18.7. The lowest BCUT2D eigenvalue weighted by molar-refractivity contribution is 0.416. The normalized spacial score (nSPS) is 10.7. The zero-order valence-electron chi connectivity index (χ0n) is 16.3. The summed E-state index contributed by atoms with van der Waals surface area (Å²) in [6.07, 6.45) is 0. The minimum atomic E-state index is 0.535. The molecule has 0 saturated carbocycles. The van der Waals surface area contributed by atoms with E-state index in [4.69, 9.17) is 4.74 Å². The van der Waals surface area contributed by atoms with Gasteiger partial charge in [0.1, 0.15) is 11.6 Å². The molecule has 0 saturated heterocycles. The van der Waals surface area contributed by atoms with Crippen LogP contribution in [0.25, 0.3) is 11.3 Å². The van der Waals surface area contributed by atoms with Crippen LogP contribution in [0.5, 0.6) is 5.75 Å². The molecule has 1 aromatic carbocycles. The van der Waals surface area contributed by atoms with Gasteiger partial charge in [0, 0.05) is 43.7 Å².